The first kappa shape index (κ1) is 22.7. The van der Waals surface area contributed by atoms with Gasteiger partial charge in [0.15, 0.2) is 0 Å². The normalized spacial score (nSPS) is 10.9. The van der Waals surface area contributed by atoms with Gasteiger partial charge in [-0.3, -0.25) is 4.79 Å². The van der Waals surface area contributed by atoms with Crippen LogP contribution in [0, 0.1) is 13.8 Å². The zero-order valence-electron chi connectivity index (χ0n) is 16.3. The molecule has 11 heteroatoms. The van der Waals surface area contributed by atoms with E-state index < -0.39 is 12.1 Å². The summed E-state index contributed by atoms with van der Waals surface area (Å²) in [6, 6.07) is 9.21. The summed E-state index contributed by atoms with van der Waals surface area (Å²) in [5.41, 5.74) is 4.54. The Morgan fingerprint density at radius 2 is 1.80 bits per heavy atom. The van der Waals surface area contributed by atoms with Gasteiger partial charge in [-0.2, -0.15) is 13.2 Å². The third-order valence-corrected chi connectivity index (χ3v) is 4.04. The fourth-order valence-corrected chi connectivity index (χ4v) is 2.24. The molecule has 1 aromatic carbocycles. The first-order valence-electron chi connectivity index (χ1n) is 8.71. The van der Waals surface area contributed by atoms with Crippen molar-refractivity contribution in [3.8, 4) is 5.69 Å². The predicted octanol–water partition coefficient (Wildman–Crippen LogP) is 3.93. The third-order valence-electron chi connectivity index (χ3n) is 4.04. The molecule has 3 aromatic rings. The summed E-state index contributed by atoms with van der Waals surface area (Å²) in [6.45, 7) is 5.95. The smallest absolute Gasteiger partial charge is 0.475 e. The second-order valence-corrected chi connectivity index (χ2v) is 6.13. The number of carbonyl (C=O) groups is 2. The van der Waals surface area contributed by atoms with Gasteiger partial charge in [-0.05, 0) is 44.5 Å². The number of anilines is 1. The fraction of sp³-hybridized carbons (Fsp3) is 0.263. The van der Waals surface area contributed by atoms with Crippen molar-refractivity contribution < 1.29 is 32.4 Å². The van der Waals surface area contributed by atoms with Crippen LogP contribution >= 0.6 is 0 Å². The molecule has 2 aromatic heterocycles. The van der Waals surface area contributed by atoms with Crippen LogP contribution < -0.4 is 5.32 Å². The minimum atomic E-state index is -5.08. The van der Waals surface area contributed by atoms with Crippen molar-refractivity contribution in [1.82, 2.24) is 14.7 Å². The van der Waals surface area contributed by atoms with Gasteiger partial charge in [0.1, 0.15) is 0 Å². The van der Waals surface area contributed by atoms with Crippen molar-refractivity contribution in [2.45, 2.75) is 33.4 Å². The van der Waals surface area contributed by atoms with Gasteiger partial charge < -0.3 is 19.5 Å². The Morgan fingerprint density at radius 3 is 2.23 bits per heavy atom. The molecule has 3 rings (SSSR count). The molecule has 30 heavy (non-hydrogen) atoms. The number of amides is 1. The number of carbonyl (C=O) groups excluding carboxylic acids is 1. The van der Waals surface area contributed by atoms with Crippen LogP contribution in [0.4, 0.5) is 18.9 Å². The van der Waals surface area contributed by atoms with Gasteiger partial charge in [0.05, 0.1) is 17.7 Å². The van der Waals surface area contributed by atoms with Crippen molar-refractivity contribution >= 4 is 17.6 Å². The van der Waals surface area contributed by atoms with Crippen molar-refractivity contribution in [2.75, 3.05) is 5.32 Å². The maximum Gasteiger partial charge on any atom is 0.490 e. The van der Waals surface area contributed by atoms with E-state index in [2.05, 4.69) is 15.5 Å². The van der Waals surface area contributed by atoms with E-state index in [1.54, 1.807) is 12.4 Å². The van der Waals surface area contributed by atoms with E-state index in [0.29, 0.717) is 5.69 Å². The molecule has 0 aliphatic carbocycles. The number of aliphatic carboxylic acids is 1. The van der Waals surface area contributed by atoms with E-state index in [1.165, 1.54) is 0 Å². The molecule has 0 spiro atoms. The average Bonchev–Trinajstić information content (AvgIpc) is 3.30. The third kappa shape index (κ3) is 5.69. The van der Waals surface area contributed by atoms with Crippen molar-refractivity contribution in [2.24, 2.45) is 0 Å². The van der Waals surface area contributed by atoms with Crippen LogP contribution in [-0.4, -0.2) is 37.9 Å². The molecular weight excluding hydrogens is 405 g/mol. The number of carboxylic acids is 1. The molecule has 2 heterocycles. The number of aromatic nitrogens is 3. The van der Waals surface area contributed by atoms with E-state index in [1.807, 2.05) is 49.6 Å². The predicted molar refractivity (Wildman–Crippen MR) is 101 cm³/mol. The number of rotatable bonds is 4. The van der Waals surface area contributed by atoms with Crippen LogP contribution in [0.3, 0.4) is 0 Å². The number of benzene rings is 1. The molecule has 160 valence electrons. The summed E-state index contributed by atoms with van der Waals surface area (Å²) in [5, 5.41) is 13.7. The number of aryl methyl sites for hydroxylation is 2. The number of hydrogen-bond donors (Lipinski definition) is 2. The number of alkyl halides is 3. The lowest BCUT2D eigenvalue weighted by atomic mass is 10.2. The van der Waals surface area contributed by atoms with Gasteiger partial charge in [0.2, 0.25) is 5.76 Å². The molecule has 0 radical (unpaired) electrons. The quantitative estimate of drug-likeness (QED) is 0.657. The standard InChI is InChI=1S/C17H18N4O2.C2HF3O2/c1-4-13-9-16(23-20-13)17(22)19-14-5-7-15(8-6-14)21-10-18-11(2)12(21)3;3-2(4,5)1(6)7/h5-10H,4H2,1-3H3,(H,19,22);(H,6,7). The van der Waals surface area contributed by atoms with Gasteiger partial charge in [-0.25, -0.2) is 9.78 Å². The summed E-state index contributed by atoms with van der Waals surface area (Å²) < 4.78 is 38.8. The molecule has 8 nitrogen and oxygen atoms in total. The van der Waals surface area contributed by atoms with Crippen molar-refractivity contribution in [1.29, 1.82) is 0 Å². The number of halogens is 3. The lowest BCUT2D eigenvalue weighted by molar-refractivity contribution is -0.192. The largest absolute Gasteiger partial charge is 0.490 e. The Morgan fingerprint density at radius 1 is 1.20 bits per heavy atom. The van der Waals surface area contributed by atoms with Crippen LogP contribution in [0.1, 0.15) is 34.6 Å². The number of carboxylic acid groups (broad SMARTS) is 1. The highest BCUT2D eigenvalue weighted by Crippen LogP contribution is 2.17. The number of nitrogens with one attached hydrogen (secondary N) is 1. The Kier molecular flexibility index (Phi) is 6.98. The van der Waals surface area contributed by atoms with Gasteiger partial charge >= 0.3 is 12.1 Å². The van der Waals surface area contributed by atoms with Crippen LogP contribution in [0.2, 0.25) is 0 Å². The Labute approximate surface area is 169 Å². The van der Waals surface area contributed by atoms with Gasteiger partial charge in [0, 0.05) is 23.1 Å². The van der Waals surface area contributed by atoms with Crippen molar-refractivity contribution in [3.63, 3.8) is 0 Å². The van der Waals surface area contributed by atoms with Crippen LogP contribution in [0.25, 0.3) is 5.69 Å². The molecule has 0 saturated carbocycles. The maximum absolute atomic E-state index is 12.1. The van der Waals surface area contributed by atoms with E-state index in [9.17, 15) is 18.0 Å². The fourth-order valence-electron chi connectivity index (χ4n) is 2.24. The van der Waals surface area contributed by atoms with Crippen LogP contribution in [0.15, 0.2) is 41.2 Å². The lowest BCUT2D eigenvalue weighted by Crippen LogP contribution is -2.21. The monoisotopic (exact) mass is 424 g/mol. The summed E-state index contributed by atoms with van der Waals surface area (Å²) in [4.78, 5) is 25.3. The van der Waals surface area contributed by atoms with Crippen molar-refractivity contribution in [3.05, 3.63) is 59.5 Å². The number of nitrogens with zero attached hydrogens (tertiary/aromatic N) is 3. The zero-order valence-corrected chi connectivity index (χ0v) is 16.3. The first-order valence-corrected chi connectivity index (χ1v) is 8.71. The van der Waals surface area contributed by atoms with Crippen LogP contribution in [0.5, 0.6) is 0 Å². The number of imidazole rings is 1. The molecular formula is C19H19F3N4O4. The van der Waals surface area contributed by atoms with Crippen LogP contribution in [-0.2, 0) is 11.2 Å². The molecule has 0 saturated heterocycles. The molecule has 1 amide bonds. The minimum absolute atomic E-state index is 0.215. The number of hydrogen-bond acceptors (Lipinski definition) is 5. The SMILES string of the molecule is CCc1cc(C(=O)Nc2ccc(-n3cnc(C)c3C)cc2)on1.O=C(O)C(F)(F)F. The molecule has 0 unspecified atom stereocenters. The minimum Gasteiger partial charge on any atom is -0.475 e. The summed E-state index contributed by atoms with van der Waals surface area (Å²) >= 11 is 0. The van der Waals surface area contributed by atoms with Gasteiger partial charge in [-0.1, -0.05) is 12.1 Å². The topological polar surface area (TPSA) is 110 Å². The molecule has 0 atom stereocenters. The summed E-state index contributed by atoms with van der Waals surface area (Å²) in [7, 11) is 0. The highest BCUT2D eigenvalue weighted by atomic mass is 19.4. The molecule has 2 N–H and O–H groups in total. The second kappa shape index (κ2) is 9.25. The Hall–Kier alpha value is -3.63. The lowest BCUT2D eigenvalue weighted by Gasteiger charge is -2.07. The van der Waals surface area contributed by atoms with Gasteiger partial charge in [-0.15, -0.1) is 0 Å². The molecule has 0 aliphatic heterocycles. The highest BCUT2D eigenvalue weighted by Gasteiger charge is 2.38. The molecule has 0 fully saturated rings. The highest BCUT2D eigenvalue weighted by molar-refractivity contribution is 6.02. The molecule has 0 aliphatic rings. The molecule has 0 bridgehead atoms. The van der Waals surface area contributed by atoms with E-state index in [-0.39, 0.29) is 11.7 Å². The van der Waals surface area contributed by atoms with E-state index in [4.69, 9.17) is 14.4 Å². The average molecular weight is 424 g/mol. The second-order valence-electron chi connectivity index (χ2n) is 6.13. The maximum atomic E-state index is 12.1. The summed E-state index contributed by atoms with van der Waals surface area (Å²) in [6.07, 6.45) is -2.56. The first-order chi connectivity index (χ1) is 14.0. The van der Waals surface area contributed by atoms with E-state index >= 15 is 0 Å². The Bertz CT molecular complexity index is 1020. The summed E-state index contributed by atoms with van der Waals surface area (Å²) in [5.74, 6) is -2.85. The van der Waals surface area contributed by atoms with E-state index in [0.717, 1.165) is 29.2 Å². The Balaban J connectivity index is 0.000000396. The van der Waals surface area contributed by atoms with Gasteiger partial charge in [0.25, 0.3) is 5.91 Å². The zero-order chi connectivity index (χ0) is 22.5.